The SMILES string of the molecule is CC(C)(C)c1nn(C2CCCC2)cc1S(=O)(=O)NCc1cccnc1. The van der Waals surface area contributed by atoms with Crippen LogP contribution in [0.1, 0.15) is 63.8 Å². The number of aromatic nitrogens is 3. The number of hydrogen-bond acceptors (Lipinski definition) is 4. The zero-order chi connectivity index (χ0) is 18.1. The van der Waals surface area contributed by atoms with Gasteiger partial charge in [0.2, 0.25) is 10.0 Å². The van der Waals surface area contributed by atoms with Crippen molar-refractivity contribution < 1.29 is 8.42 Å². The van der Waals surface area contributed by atoms with E-state index in [1.165, 1.54) is 12.8 Å². The van der Waals surface area contributed by atoms with Crippen molar-refractivity contribution >= 4 is 10.0 Å². The maximum absolute atomic E-state index is 12.9. The maximum Gasteiger partial charge on any atom is 0.244 e. The van der Waals surface area contributed by atoms with Gasteiger partial charge >= 0.3 is 0 Å². The first kappa shape index (κ1) is 18.1. The summed E-state index contributed by atoms with van der Waals surface area (Å²) in [6.07, 6.45) is 9.52. The average molecular weight is 362 g/mol. The summed E-state index contributed by atoms with van der Waals surface area (Å²) >= 11 is 0. The van der Waals surface area contributed by atoms with Crippen LogP contribution in [0.2, 0.25) is 0 Å². The molecule has 1 N–H and O–H groups in total. The van der Waals surface area contributed by atoms with Crippen molar-refractivity contribution in [1.82, 2.24) is 19.5 Å². The van der Waals surface area contributed by atoms with Crippen LogP contribution < -0.4 is 4.72 Å². The van der Waals surface area contributed by atoms with Crippen molar-refractivity contribution in [2.45, 2.75) is 69.4 Å². The highest BCUT2D eigenvalue weighted by molar-refractivity contribution is 7.89. The third-order valence-corrected chi connectivity index (χ3v) is 5.99. The standard InChI is InChI=1S/C18H26N4O2S/c1-18(2,3)17-16(13-22(21-17)15-8-4-5-9-15)25(23,24)20-12-14-7-6-10-19-11-14/h6-7,10-11,13,15,20H,4-5,8-9,12H2,1-3H3. The normalized spacial score (nSPS) is 16.4. The Hall–Kier alpha value is -1.73. The molecular formula is C18H26N4O2S. The van der Waals surface area contributed by atoms with Gasteiger partial charge in [-0.15, -0.1) is 0 Å². The molecule has 2 aromatic rings. The number of sulfonamides is 1. The van der Waals surface area contributed by atoms with Gasteiger partial charge in [0.05, 0.1) is 11.7 Å². The van der Waals surface area contributed by atoms with Crippen LogP contribution in [0.25, 0.3) is 0 Å². The highest BCUT2D eigenvalue weighted by atomic mass is 32.2. The Morgan fingerprint density at radius 1 is 1.28 bits per heavy atom. The minimum absolute atomic E-state index is 0.217. The average Bonchev–Trinajstić information content (AvgIpc) is 3.22. The molecule has 0 atom stereocenters. The maximum atomic E-state index is 12.9. The summed E-state index contributed by atoms with van der Waals surface area (Å²) in [6, 6.07) is 3.95. The Morgan fingerprint density at radius 2 is 2.00 bits per heavy atom. The number of pyridine rings is 1. The second-order valence-corrected chi connectivity index (χ2v) is 9.43. The van der Waals surface area contributed by atoms with Crippen molar-refractivity contribution in [3.05, 3.63) is 42.0 Å². The number of nitrogens with one attached hydrogen (secondary N) is 1. The van der Waals surface area contributed by atoms with E-state index in [2.05, 4.69) is 14.8 Å². The molecule has 1 aliphatic carbocycles. The topological polar surface area (TPSA) is 76.9 Å². The summed E-state index contributed by atoms with van der Waals surface area (Å²) in [5, 5.41) is 4.67. The molecule has 3 rings (SSSR count). The van der Waals surface area contributed by atoms with E-state index in [9.17, 15) is 8.42 Å². The van der Waals surface area contributed by atoms with E-state index in [0.29, 0.717) is 11.7 Å². The summed E-state index contributed by atoms with van der Waals surface area (Å²) in [5.74, 6) is 0. The molecule has 0 aromatic carbocycles. The molecule has 0 unspecified atom stereocenters. The minimum atomic E-state index is -3.64. The van der Waals surface area contributed by atoms with Gasteiger partial charge in [0.15, 0.2) is 0 Å². The van der Waals surface area contributed by atoms with Gasteiger partial charge in [-0.3, -0.25) is 9.67 Å². The molecule has 0 saturated heterocycles. The van der Waals surface area contributed by atoms with Gasteiger partial charge in [0, 0.05) is 30.6 Å². The van der Waals surface area contributed by atoms with E-state index in [4.69, 9.17) is 0 Å². The van der Waals surface area contributed by atoms with E-state index in [0.717, 1.165) is 18.4 Å². The molecule has 0 amide bonds. The van der Waals surface area contributed by atoms with Crippen LogP contribution in [0.5, 0.6) is 0 Å². The lowest BCUT2D eigenvalue weighted by atomic mass is 9.92. The van der Waals surface area contributed by atoms with Crippen LogP contribution in [0.15, 0.2) is 35.6 Å². The summed E-state index contributed by atoms with van der Waals surface area (Å²) in [5.41, 5.74) is 1.10. The monoisotopic (exact) mass is 362 g/mol. The van der Waals surface area contributed by atoms with E-state index in [1.807, 2.05) is 31.5 Å². The van der Waals surface area contributed by atoms with Gasteiger partial charge in [0.25, 0.3) is 0 Å². The van der Waals surface area contributed by atoms with Gasteiger partial charge in [-0.05, 0) is 24.5 Å². The third-order valence-electron chi connectivity index (χ3n) is 4.59. The zero-order valence-corrected chi connectivity index (χ0v) is 15.9. The van der Waals surface area contributed by atoms with E-state index in [-0.39, 0.29) is 16.9 Å². The van der Waals surface area contributed by atoms with Crippen LogP contribution in [0, 0.1) is 0 Å². The lowest BCUT2D eigenvalue weighted by molar-refractivity contribution is 0.448. The Kier molecular flexibility index (Phi) is 4.97. The van der Waals surface area contributed by atoms with Gasteiger partial charge in [-0.25, -0.2) is 13.1 Å². The Balaban J connectivity index is 1.90. The molecule has 0 spiro atoms. The Labute approximate surface area is 149 Å². The quantitative estimate of drug-likeness (QED) is 0.886. The molecule has 1 fully saturated rings. The van der Waals surface area contributed by atoms with Crippen LogP contribution in [0.3, 0.4) is 0 Å². The summed E-state index contributed by atoms with van der Waals surface area (Å²) in [7, 11) is -3.64. The molecule has 25 heavy (non-hydrogen) atoms. The van der Waals surface area contributed by atoms with Crippen LogP contribution >= 0.6 is 0 Å². The number of hydrogen-bond donors (Lipinski definition) is 1. The number of nitrogens with zero attached hydrogens (tertiary/aromatic N) is 3. The smallest absolute Gasteiger partial charge is 0.244 e. The largest absolute Gasteiger partial charge is 0.268 e. The Bertz CT molecular complexity index is 817. The van der Waals surface area contributed by atoms with Crippen LogP contribution in [-0.2, 0) is 22.0 Å². The molecule has 6 nitrogen and oxygen atoms in total. The molecule has 1 aliphatic rings. The van der Waals surface area contributed by atoms with Crippen molar-refractivity contribution in [3.8, 4) is 0 Å². The molecule has 2 aromatic heterocycles. The van der Waals surface area contributed by atoms with E-state index >= 15 is 0 Å². The second kappa shape index (κ2) is 6.88. The summed E-state index contributed by atoms with van der Waals surface area (Å²) in [4.78, 5) is 4.31. The van der Waals surface area contributed by atoms with Gasteiger partial charge < -0.3 is 0 Å². The lowest BCUT2D eigenvalue weighted by Crippen LogP contribution is -2.26. The lowest BCUT2D eigenvalue weighted by Gasteiger charge is -2.18. The molecule has 2 heterocycles. The van der Waals surface area contributed by atoms with Gasteiger partial charge in [-0.1, -0.05) is 39.7 Å². The number of rotatable bonds is 5. The van der Waals surface area contributed by atoms with Crippen molar-refractivity contribution in [3.63, 3.8) is 0 Å². The highest BCUT2D eigenvalue weighted by Gasteiger charge is 2.31. The fraction of sp³-hybridized carbons (Fsp3) is 0.556. The van der Waals surface area contributed by atoms with Gasteiger partial charge in [0.1, 0.15) is 4.90 Å². The first-order valence-corrected chi connectivity index (χ1v) is 10.2. The van der Waals surface area contributed by atoms with Crippen LogP contribution in [-0.4, -0.2) is 23.2 Å². The van der Waals surface area contributed by atoms with Crippen LogP contribution in [0.4, 0.5) is 0 Å². The highest BCUT2D eigenvalue weighted by Crippen LogP contribution is 2.33. The Morgan fingerprint density at radius 3 is 2.60 bits per heavy atom. The first-order valence-electron chi connectivity index (χ1n) is 8.75. The molecular weight excluding hydrogens is 336 g/mol. The van der Waals surface area contributed by atoms with Crippen molar-refractivity contribution in [2.24, 2.45) is 0 Å². The third kappa shape index (κ3) is 4.10. The summed E-state index contributed by atoms with van der Waals surface area (Å²) in [6.45, 7) is 6.20. The molecule has 0 aliphatic heterocycles. The zero-order valence-electron chi connectivity index (χ0n) is 15.1. The second-order valence-electron chi connectivity index (χ2n) is 7.70. The van der Waals surface area contributed by atoms with E-state index < -0.39 is 10.0 Å². The predicted octanol–water partition coefficient (Wildman–Crippen LogP) is 3.17. The minimum Gasteiger partial charge on any atom is -0.268 e. The fourth-order valence-corrected chi connectivity index (χ4v) is 4.57. The predicted molar refractivity (Wildman–Crippen MR) is 96.7 cm³/mol. The van der Waals surface area contributed by atoms with Crippen molar-refractivity contribution in [1.29, 1.82) is 0 Å². The van der Waals surface area contributed by atoms with Crippen molar-refractivity contribution in [2.75, 3.05) is 0 Å². The fourth-order valence-electron chi connectivity index (χ4n) is 3.21. The molecule has 7 heteroatoms. The molecule has 1 saturated carbocycles. The first-order chi connectivity index (χ1) is 11.8. The molecule has 0 radical (unpaired) electrons. The van der Waals surface area contributed by atoms with Gasteiger partial charge in [-0.2, -0.15) is 5.10 Å². The molecule has 0 bridgehead atoms. The molecule has 136 valence electrons. The summed E-state index contributed by atoms with van der Waals surface area (Å²) < 4.78 is 30.4. The van der Waals surface area contributed by atoms with E-state index in [1.54, 1.807) is 24.7 Å².